The molecule has 2 N–H and O–H groups in total. The quantitative estimate of drug-likeness (QED) is 0.772. The largest absolute Gasteiger partial charge is 0.344 e. The van der Waals surface area contributed by atoms with E-state index in [2.05, 4.69) is 20.4 Å². The summed E-state index contributed by atoms with van der Waals surface area (Å²) in [5.41, 5.74) is 2.73. The molecule has 0 spiro atoms. The minimum Gasteiger partial charge on any atom is -0.344 e. The first kappa shape index (κ1) is 14.9. The first-order chi connectivity index (χ1) is 11.6. The van der Waals surface area contributed by atoms with E-state index in [4.69, 9.17) is 0 Å². The van der Waals surface area contributed by atoms with Gasteiger partial charge >= 0.3 is 0 Å². The van der Waals surface area contributed by atoms with Crippen LogP contribution in [-0.4, -0.2) is 25.7 Å². The summed E-state index contributed by atoms with van der Waals surface area (Å²) in [6.07, 6.45) is 7.77. The van der Waals surface area contributed by atoms with Crippen molar-refractivity contribution in [2.24, 2.45) is 0 Å². The number of hydrogen-bond donors (Lipinski definition) is 2. The Hall–Kier alpha value is -2.70. The van der Waals surface area contributed by atoms with Crippen LogP contribution in [0.15, 0.2) is 24.7 Å². The van der Waals surface area contributed by atoms with Crippen molar-refractivity contribution in [3.8, 4) is 0 Å². The Labute approximate surface area is 138 Å². The third-order valence-corrected chi connectivity index (χ3v) is 4.70. The van der Waals surface area contributed by atoms with Crippen molar-refractivity contribution in [1.29, 1.82) is 0 Å². The van der Waals surface area contributed by atoms with Gasteiger partial charge < -0.3 is 10.3 Å². The second kappa shape index (κ2) is 5.74. The predicted molar refractivity (Wildman–Crippen MR) is 88.5 cm³/mol. The number of fused-ring (bicyclic) bond motifs is 1. The van der Waals surface area contributed by atoms with Crippen molar-refractivity contribution in [1.82, 2.24) is 19.7 Å². The third kappa shape index (κ3) is 2.46. The summed E-state index contributed by atoms with van der Waals surface area (Å²) in [4.78, 5) is 19.5. The summed E-state index contributed by atoms with van der Waals surface area (Å²) in [5.74, 6) is -0.865. The number of amides is 1. The molecule has 2 aromatic heterocycles. The fourth-order valence-electron chi connectivity index (χ4n) is 3.44. The Morgan fingerprint density at radius 3 is 2.96 bits per heavy atom. The molecule has 1 aliphatic rings. The molecule has 0 saturated heterocycles. The summed E-state index contributed by atoms with van der Waals surface area (Å²) in [7, 11) is 0. The second-order valence-corrected chi connectivity index (χ2v) is 6.23. The molecular weight excluding hydrogens is 309 g/mol. The Balaban J connectivity index is 1.63. The monoisotopic (exact) mass is 327 g/mol. The Kier molecular flexibility index (Phi) is 3.55. The second-order valence-electron chi connectivity index (χ2n) is 6.23. The number of rotatable bonds is 3. The molecule has 2 heterocycles. The lowest BCUT2D eigenvalue weighted by molar-refractivity contribution is 0.102. The number of imidazole rings is 1. The topological polar surface area (TPSA) is 75.6 Å². The number of nitrogens with one attached hydrogen (secondary N) is 2. The summed E-state index contributed by atoms with van der Waals surface area (Å²) >= 11 is 0. The van der Waals surface area contributed by atoms with Gasteiger partial charge in [0.05, 0.1) is 41.0 Å². The number of aromatic nitrogens is 4. The van der Waals surface area contributed by atoms with Gasteiger partial charge in [-0.25, -0.2) is 9.37 Å². The van der Waals surface area contributed by atoms with Crippen LogP contribution >= 0.6 is 0 Å². The number of carbonyl (C=O) groups excluding carboxylic acids is 1. The van der Waals surface area contributed by atoms with Crippen LogP contribution in [0.3, 0.4) is 0 Å². The number of nitrogens with zero attached hydrogens (tertiary/aromatic N) is 3. The first-order valence-electron chi connectivity index (χ1n) is 8.11. The van der Waals surface area contributed by atoms with Crippen LogP contribution in [0.25, 0.3) is 11.0 Å². The lowest BCUT2D eigenvalue weighted by Gasteiger charge is -2.13. The van der Waals surface area contributed by atoms with Crippen molar-refractivity contribution >= 4 is 22.6 Å². The number of carbonyl (C=O) groups is 1. The van der Waals surface area contributed by atoms with Crippen LogP contribution in [0.2, 0.25) is 0 Å². The smallest absolute Gasteiger partial charge is 0.258 e. The highest BCUT2D eigenvalue weighted by Crippen LogP contribution is 2.31. The molecule has 0 atom stereocenters. The molecule has 124 valence electrons. The molecule has 0 radical (unpaired) electrons. The summed E-state index contributed by atoms with van der Waals surface area (Å²) in [6, 6.07) is 2.93. The van der Waals surface area contributed by atoms with Crippen LogP contribution in [0.5, 0.6) is 0 Å². The van der Waals surface area contributed by atoms with Crippen LogP contribution in [-0.2, 0) is 0 Å². The first-order valence-corrected chi connectivity index (χ1v) is 8.11. The number of aromatic amines is 1. The van der Waals surface area contributed by atoms with Gasteiger partial charge in [0.2, 0.25) is 0 Å². The van der Waals surface area contributed by atoms with Crippen LogP contribution in [0, 0.1) is 12.7 Å². The minimum atomic E-state index is -0.477. The normalized spacial score (nSPS) is 15.2. The average Bonchev–Trinajstić information content (AvgIpc) is 3.28. The van der Waals surface area contributed by atoms with Gasteiger partial charge in [-0.3, -0.25) is 9.48 Å². The molecule has 0 bridgehead atoms. The molecule has 24 heavy (non-hydrogen) atoms. The molecule has 6 nitrogen and oxygen atoms in total. The van der Waals surface area contributed by atoms with Gasteiger partial charge in [-0.2, -0.15) is 5.10 Å². The molecule has 1 fully saturated rings. The van der Waals surface area contributed by atoms with Gasteiger partial charge in [-0.05, 0) is 31.9 Å². The average molecular weight is 327 g/mol. The van der Waals surface area contributed by atoms with Crippen LogP contribution in [0.4, 0.5) is 10.1 Å². The molecular formula is C17H18FN5O. The molecule has 4 rings (SSSR count). The standard InChI is InChI=1S/C17H18FN5O/c1-10-15(8-21-23(10)12-4-2-3-5-12)22-17(24)13-6-11(18)7-14-16(13)20-9-19-14/h6-9,12H,2-5H2,1H3,(H,19,20)(H,22,24). The fourth-order valence-corrected chi connectivity index (χ4v) is 3.44. The maximum atomic E-state index is 13.7. The number of benzene rings is 1. The molecule has 1 aromatic carbocycles. The molecule has 1 aliphatic carbocycles. The number of halogens is 1. The fraction of sp³-hybridized carbons (Fsp3) is 0.353. The van der Waals surface area contributed by atoms with E-state index in [1.165, 1.54) is 31.3 Å². The van der Waals surface area contributed by atoms with Crippen molar-refractivity contribution in [2.75, 3.05) is 5.32 Å². The highest BCUT2D eigenvalue weighted by atomic mass is 19.1. The van der Waals surface area contributed by atoms with Crippen LogP contribution < -0.4 is 5.32 Å². The zero-order valence-electron chi connectivity index (χ0n) is 13.3. The van der Waals surface area contributed by atoms with Crippen molar-refractivity contribution in [2.45, 2.75) is 38.6 Å². The lowest BCUT2D eigenvalue weighted by atomic mass is 10.1. The van der Waals surface area contributed by atoms with E-state index in [-0.39, 0.29) is 11.5 Å². The summed E-state index contributed by atoms with van der Waals surface area (Å²) < 4.78 is 15.7. The SMILES string of the molecule is Cc1c(NC(=O)c2cc(F)cc3[nH]cnc23)cnn1C1CCCC1. The van der Waals surface area contributed by atoms with E-state index in [1.54, 1.807) is 6.20 Å². The van der Waals surface area contributed by atoms with Gasteiger partial charge in [0.1, 0.15) is 11.3 Å². The predicted octanol–water partition coefficient (Wildman–Crippen LogP) is 3.57. The molecule has 0 unspecified atom stereocenters. The van der Waals surface area contributed by atoms with Gasteiger partial charge in [0.15, 0.2) is 0 Å². The Morgan fingerprint density at radius 1 is 1.38 bits per heavy atom. The number of hydrogen-bond acceptors (Lipinski definition) is 3. The van der Waals surface area contributed by atoms with Crippen LogP contribution in [0.1, 0.15) is 47.8 Å². The Morgan fingerprint density at radius 2 is 2.17 bits per heavy atom. The van der Waals surface area contributed by atoms with E-state index in [0.29, 0.717) is 22.8 Å². The molecule has 1 saturated carbocycles. The van der Waals surface area contributed by atoms with Gasteiger partial charge in [-0.15, -0.1) is 0 Å². The van der Waals surface area contributed by atoms with Crippen molar-refractivity contribution in [3.05, 3.63) is 41.7 Å². The summed E-state index contributed by atoms with van der Waals surface area (Å²) in [5, 5.41) is 7.26. The highest BCUT2D eigenvalue weighted by molar-refractivity contribution is 6.11. The maximum Gasteiger partial charge on any atom is 0.258 e. The molecule has 0 aliphatic heterocycles. The molecule has 3 aromatic rings. The highest BCUT2D eigenvalue weighted by Gasteiger charge is 2.22. The van der Waals surface area contributed by atoms with Crippen molar-refractivity contribution < 1.29 is 9.18 Å². The van der Waals surface area contributed by atoms with E-state index in [1.807, 2.05) is 11.6 Å². The zero-order chi connectivity index (χ0) is 16.7. The zero-order valence-corrected chi connectivity index (χ0v) is 13.3. The van der Waals surface area contributed by atoms with E-state index in [0.717, 1.165) is 18.5 Å². The minimum absolute atomic E-state index is 0.208. The van der Waals surface area contributed by atoms with E-state index < -0.39 is 5.82 Å². The number of H-pyrrole nitrogens is 1. The third-order valence-electron chi connectivity index (χ3n) is 4.70. The van der Waals surface area contributed by atoms with Gasteiger partial charge in [0.25, 0.3) is 5.91 Å². The van der Waals surface area contributed by atoms with Gasteiger partial charge in [0, 0.05) is 0 Å². The van der Waals surface area contributed by atoms with E-state index in [9.17, 15) is 9.18 Å². The molecule has 7 heteroatoms. The molecule has 1 amide bonds. The van der Waals surface area contributed by atoms with Gasteiger partial charge in [-0.1, -0.05) is 12.8 Å². The number of anilines is 1. The lowest BCUT2D eigenvalue weighted by Crippen LogP contribution is -2.14. The van der Waals surface area contributed by atoms with Crippen molar-refractivity contribution in [3.63, 3.8) is 0 Å². The Bertz CT molecular complexity index is 907. The van der Waals surface area contributed by atoms with E-state index >= 15 is 0 Å². The maximum absolute atomic E-state index is 13.7. The summed E-state index contributed by atoms with van der Waals surface area (Å²) in [6.45, 7) is 1.94.